The lowest BCUT2D eigenvalue weighted by Gasteiger charge is -1.99. The molecule has 0 aromatic heterocycles. The molecular weight excluding hydrogens is 200 g/mol. The van der Waals surface area contributed by atoms with Crippen molar-refractivity contribution in [1.82, 2.24) is 0 Å². The molecule has 0 saturated carbocycles. The van der Waals surface area contributed by atoms with Gasteiger partial charge in [-0.25, -0.2) is 4.99 Å². The Kier molecular flexibility index (Phi) is 4.43. The predicted molar refractivity (Wildman–Crippen MR) is 59.2 cm³/mol. The molecule has 0 aliphatic carbocycles. The zero-order chi connectivity index (χ0) is 10.4. The Morgan fingerprint density at radius 3 is 2.50 bits per heavy atom. The maximum absolute atomic E-state index is 8.71. The van der Waals surface area contributed by atoms with E-state index in [-0.39, 0.29) is 12.5 Å². The molecule has 3 N–H and O–H groups in total. The number of aliphatic imine (C=N–C) groups is 1. The first kappa shape index (κ1) is 11.0. The second kappa shape index (κ2) is 5.62. The molecule has 0 fully saturated rings. The summed E-state index contributed by atoms with van der Waals surface area (Å²) in [4.78, 5) is 4.08. The van der Waals surface area contributed by atoms with Crippen LogP contribution >= 0.6 is 11.6 Å². The van der Waals surface area contributed by atoms with Gasteiger partial charge in [-0.1, -0.05) is 12.1 Å². The van der Waals surface area contributed by atoms with Crippen LogP contribution in [0.25, 0.3) is 0 Å². The van der Waals surface area contributed by atoms with Crippen molar-refractivity contribution in [3.05, 3.63) is 29.8 Å². The van der Waals surface area contributed by atoms with Gasteiger partial charge in [0.15, 0.2) is 0 Å². The van der Waals surface area contributed by atoms with Crippen LogP contribution < -0.4 is 5.73 Å². The number of halogens is 1. The molecule has 1 aromatic rings. The highest BCUT2D eigenvalue weighted by Gasteiger charge is 1.94. The average Bonchev–Trinajstić information content (AvgIpc) is 2.21. The van der Waals surface area contributed by atoms with Crippen LogP contribution in [0.3, 0.4) is 0 Å². The van der Waals surface area contributed by atoms with Crippen LogP contribution in [-0.4, -0.2) is 23.4 Å². The Balaban J connectivity index is 2.73. The van der Waals surface area contributed by atoms with Crippen LogP contribution in [0, 0.1) is 0 Å². The van der Waals surface area contributed by atoms with Crippen LogP contribution in [0.1, 0.15) is 5.56 Å². The highest BCUT2D eigenvalue weighted by atomic mass is 35.5. The van der Waals surface area contributed by atoms with E-state index in [1.807, 2.05) is 24.3 Å². The summed E-state index contributed by atoms with van der Waals surface area (Å²) in [7, 11) is 0. The molecule has 76 valence electrons. The van der Waals surface area contributed by atoms with Crippen molar-refractivity contribution >= 4 is 23.1 Å². The van der Waals surface area contributed by atoms with Crippen LogP contribution in [0.2, 0.25) is 0 Å². The summed E-state index contributed by atoms with van der Waals surface area (Å²) >= 11 is 5.49. The van der Waals surface area contributed by atoms with Crippen LogP contribution in [0.4, 0.5) is 5.69 Å². The van der Waals surface area contributed by atoms with Gasteiger partial charge in [-0.3, -0.25) is 0 Å². The van der Waals surface area contributed by atoms with E-state index in [2.05, 4.69) is 4.99 Å². The van der Waals surface area contributed by atoms with Gasteiger partial charge in [0.2, 0.25) is 0 Å². The summed E-state index contributed by atoms with van der Waals surface area (Å²) in [5, 5.41) is 8.71. The van der Waals surface area contributed by atoms with Gasteiger partial charge in [-0.2, -0.15) is 0 Å². The molecule has 0 bridgehead atoms. The summed E-state index contributed by atoms with van der Waals surface area (Å²) in [5.74, 6) is 0.639. The monoisotopic (exact) mass is 212 g/mol. The lowest BCUT2D eigenvalue weighted by atomic mass is 10.1. The van der Waals surface area contributed by atoms with E-state index in [9.17, 15) is 0 Å². The summed E-state index contributed by atoms with van der Waals surface area (Å²) in [6.07, 6.45) is 0.662. The molecule has 0 aliphatic heterocycles. The fourth-order valence-corrected chi connectivity index (χ4v) is 1.12. The average molecular weight is 213 g/mol. The number of alkyl halides is 1. The third kappa shape index (κ3) is 3.36. The van der Waals surface area contributed by atoms with Crippen molar-refractivity contribution < 1.29 is 5.11 Å². The van der Waals surface area contributed by atoms with Crippen molar-refractivity contribution in [3.8, 4) is 0 Å². The maximum atomic E-state index is 8.71. The van der Waals surface area contributed by atoms with Crippen molar-refractivity contribution in [2.75, 3.05) is 12.5 Å². The van der Waals surface area contributed by atoms with E-state index < -0.39 is 0 Å². The number of nitrogens with two attached hydrogens (primary N) is 1. The van der Waals surface area contributed by atoms with Crippen molar-refractivity contribution in [1.29, 1.82) is 0 Å². The third-order valence-corrected chi connectivity index (χ3v) is 2.02. The standard InChI is InChI=1S/C10H13ClN2O/c11-7-10(12)13-9-3-1-8(2-4-9)5-6-14/h1-4,14H,5-7H2,(H2,12,13). The summed E-state index contributed by atoms with van der Waals surface area (Å²) in [5.41, 5.74) is 7.34. The number of hydrogen-bond acceptors (Lipinski definition) is 2. The first-order valence-electron chi connectivity index (χ1n) is 4.35. The number of nitrogens with zero attached hydrogens (tertiary/aromatic N) is 1. The summed E-state index contributed by atoms with van der Waals surface area (Å²) in [6.45, 7) is 0.159. The van der Waals surface area contributed by atoms with Crippen molar-refractivity contribution in [2.45, 2.75) is 6.42 Å². The Bertz CT molecular complexity index is 308. The van der Waals surface area contributed by atoms with Gasteiger partial charge in [0.25, 0.3) is 0 Å². The second-order valence-electron chi connectivity index (χ2n) is 2.88. The minimum Gasteiger partial charge on any atom is -0.396 e. The molecule has 0 aliphatic rings. The topological polar surface area (TPSA) is 58.6 Å². The van der Waals surface area contributed by atoms with Gasteiger partial charge in [0.1, 0.15) is 5.84 Å². The van der Waals surface area contributed by atoms with Gasteiger partial charge in [0.05, 0.1) is 11.6 Å². The number of benzene rings is 1. The van der Waals surface area contributed by atoms with Crippen LogP contribution in [-0.2, 0) is 6.42 Å². The van der Waals surface area contributed by atoms with E-state index in [1.54, 1.807) is 0 Å². The Morgan fingerprint density at radius 2 is 2.00 bits per heavy atom. The molecule has 0 unspecified atom stereocenters. The van der Waals surface area contributed by atoms with Gasteiger partial charge >= 0.3 is 0 Å². The maximum Gasteiger partial charge on any atom is 0.115 e. The van der Waals surface area contributed by atoms with E-state index >= 15 is 0 Å². The molecule has 0 amide bonds. The SMILES string of the molecule is NC(CCl)=Nc1ccc(CCO)cc1. The third-order valence-electron chi connectivity index (χ3n) is 1.75. The first-order chi connectivity index (χ1) is 6.76. The molecule has 0 atom stereocenters. The number of amidine groups is 1. The van der Waals surface area contributed by atoms with E-state index in [4.69, 9.17) is 22.4 Å². The van der Waals surface area contributed by atoms with Crippen molar-refractivity contribution in [3.63, 3.8) is 0 Å². The minimum absolute atomic E-state index is 0.159. The van der Waals surface area contributed by atoms with Gasteiger partial charge in [-0.05, 0) is 24.1 Å². The second-order valence-corrected chi connectivity index (χ2v) is 3.14. The highest BCUT2D eigenvalue weighted by molar-refractivity contribution is 6.28. The summed E-state index contributed by atoms with van der Waals surface area (Å²) < 4.78 is 0. The molecule has 4 heteroatoms. The fourth-order valence-electron chi connectivity index (χ4n) is 1.06. The Morgan fingerprint density at radius 1 is 1.36 bits per heavy atom. The molecule has 0 spiro atoms. The zero-order valence-electron chi connectivity index (χ0n) is 7.78. The predicted octanol–water partition coefficient (Wildman–Crippen LogP) is 1.45. The van der Waals surface area contributed by atoms with E-state index in [0.29, 0.717) is 12.3 Å². The van der Waals surface area contributed by atoms with Crippen molar-refractivity contribution in [2.24, 2.45) is 10.7 Å². The first-order valence-corrected chi connectivity index (χ1v) is 4.88. The number of aliphatic hydroxyl groups excluding tert-OH is 1. The fraction of sp³-hybridized carbons (Fsp3) is 0.300. The Labute approximate surface area is 88.2 Å². The number of rotatable bonds is 4. The molecule has 0 radical (unpaired) electrons. The smallest absolute Gasteiger partial charge is 0.115 e. The lowest BCUT2D eigenvalue weighted by Crippen LogP contribution is -2.12. The van der Waals surface area contributed by atoms with Gasteiger partial charge in [-0.15, -0.1) is 11.6 Å². The van der Waals surface area contributed by atoms with Crippen LogP contribution in [0.5, 0.6) is 0 Å². The van der Waals surface area contributed by atoms with E-state index in [0.717, 1.165) is 11.3 Å². The zero-order valence-corrected chi connectivity index (χ0v) is 8.54. The molecule has 0 heterocycles. The molecule has 3 nitrogen and oxygen atoms in total. The summed E-state index contributed by atoms with van der Waals surface area (Å²) in [6, 6.07) is 7.53. The lowest BCUT2D eigenvalue weighted by molar-refractivity contribution is 0.299. The Hall–Kier alpha value is -1.06. The van der Waals surface area contributed by atoms with Gasteiger partial charge < -0.3 is 10.8 Å². The highest BCUT2D eigenvalue weighted by Crippen LogP contribution is 2.13. The number of hydrogen-bond donors (Lipinski definition) is 2. The molecule has 1 rings (SSSR count). The van der Waals surface area contributed by atoms with E-state index in [1.165, 1.54) is 0 Å². The largest absolute Gasteiger partial charge is 0.396 e. The van der Waals surface area contributed by atoms with Gasteiger partial charge in [0, 0.05) is 6.61 Å². The minimum atomic E-state index is 0.159. The quantitative estimate of drug-likeness (QED) is 0.451. The molecule has 1 aromatic carbocycles. The normalized spacial score (nSPS) is 11.7. The molecule has 14 heavy (non-hydrogen) atoms. The molecule has 0 saturated heterocycles. The molecular formula is C10H13ClN2O. The number of aliphatic hydroxyl groups is 1. The van der Waals surface area contributed by atoms with Crippen LogP contribution in [0.15, 0.2) is 29.3 Å².